The van der Waals surface area contributed by atoms with Gasteiger partial charge in [-0.15, -0.1) is 0 Å². The van der Waals surface area contributed by atoms with E-state index in [2.05, 4.69) is 29.7 Å². The van der Waals surface area contributed by atoms with Gasteiger partial charge in [-0.25, -0.2) is 4.79 Å². The summed E-state index contributed by atoms with van der Waals surface area (Å²) in [5, 5.41) is 6.68. The van der Waals surface area contributed by atoms with Gasteiger partial charge in [0, 0.05) is 17.6 Å². The smallest absolute Gasteiger partial charge is 0.322 e. The van der Waals surface area contributed by atoms with Crippen LogP contribution >= 0.6 is 11.6 Å². The Hall–Kier alpha value is -2.73. The number of fused-ring (bicyclic) bond motifs is 1. The second kappa shape index (κ2) is 9.49. The van der Waals surface area contributed by atoms with Crippen molar-refractivity contribution in [1.82, 2.24) is 4.90 Å². The molecule has 0 aromatic heterocycles. The first-order valence-corrected chi connectivity index (χ1v) is 12.7. The van der Waals surface area contributed by atoms with Gasteiger partial charge < -0.3 is 20.3 Å². The van der Waals surface area contributed by atoms with E-state index in [0.717, 1.165) is 31.4 Å². The van der Waals surface area contributed by atoms with Crippen LogP contribution in [0.15, 0.2) is 30.3 Å². The van der Waals surface area contributed by atoms with E-state index in [1.807, 2.05) is 4.90 Å². The Bertz CT molecular complexity index is 1110. The van der Waals surface area contributed by atoms with Crippen molar-refractivity contribution in [3.63, 3.8) is 0 Å². The molecule has 0 radical (unpaired) electrons. The normalized spacial score (nSPS) is 22.4. The molecule has 2 aliphatic carbocycles. The summed E-state index contributed by atoms with van der Waals surface area (Å²) in [6.07, 6.45) is 6.87. The van der Waals surface area contributed by atoms with Crippen molar-refractivity contribution in [2.75, 3.05) is 17.7 Å². The van der Waals surface area contributed by atoms with Crippen molar-refractivity contribution >= 4 is 34.9 Å². The highest BCUT2D eigenvalue weighted by atomic mass is 35.5. The summed E-state index contributed by atoms with van der Waals surface area (Å²) in [5.74, 6) is 1.10. The molecule has 6 nitrogen and oxygen atoms in total. The third-order valence-corrected chi connectivity index (χ3v) is 8.17. The average Bonchev–Trinajstić information content (AvgIpc) is 2.80. The van der Waals surface area contributed by atoms with Crippen molar-refractivity contribution in [3.05, 3.63) is 52.0 Å². The van der Waals surface area contributed by atoms with Gasteiger partial charge in [0.15, 0.2) is 0 Å². The van der Waals surface area contributed by atoms with Gasteiger partial charge in [0.25, 0.3) is 0 Å². The first-order valence-electron chi connectivity index (χ1n) is 12.3. The van der Waals surface area contributed by atoms with E-state index in [4.69, 9.17) is 16.3 Å². The molecule has 5 rings (SSSR count). The minimum absolute atomic E-state index is 0.000510. The number of methoxy groups -OCH3 is 1. The minimum atomic E-state index is -0.0655. The highest BCUT2D eigenvalue weighted by Gasteiger charge is 2.36. The van der Waals surface area contributed by atoms with Crippen LogP contribution in [0.4, 0.5) is 16.2 Å². The lowest BCUT2D eigenvalue weighted by atomic mass is 9.77. The van der Waals surface area contributed by atoms with Crippen LogP contribution in [0.1, 0.15) is 67.6 Å². The number of aryl methyl sites for hydroxylation is 1. The third kappa shape index (κ3) is 4.36. The molecule has 0 unspecified atom stereocenters. The van der Waals surface area contributed by atoms with Crippen LogP contribution in [0.25, 0.3) is 0 Å². The molecule has 0 saturated heterocycles. The van der Waals surface area contributed by atoms with E-state index in [-0.39, 0.29) is 23.9 Å². The number of nitrogens with zero attached hydrogens (tertiary/aromatic N) is 1. The summed E-state index contributed by atoms with van der Waals surface area (Å²) in [6.45, 7) is 2.78. The molecule has 2 N–H and O–H groups in total. The zero-order valence-corrected chi connectivity index (χ0v) is 20.6. The van der Waals surface area contributed by atoms with Gasteiger partial charge in [-0.1, -0.05) is 30.2 Å². The van der Waals surface area contributed by atoms with E-state index < -0.39 is 0 Å². The maximum atomic E-state index is 13.1. The Morgan fingerprint density at radius 1 is 1.12 bits per heavy atom. The number of carbonyl (C=O) groups is 2. The van der Waals surface area contributed by atoms with Gasteiger partial charge in [0.2, 0.25) is 5.91 Å². The van der Waals surface area contributed by atoms with Gasteiger partial charge in [-0.05, 0) is 86.3 Å². The summed E-state index contributed by atoms with van der Waals surface area (Å²) in [4.78, 5) is 27.9. The average molecular weight is 482 g/mol. The molecule has 34 heavy (non-hydrogen) atoms. The zero-order valence-electron chi connectivity index (χ0n) is 19.8. The summed E-state index contributed by atoms with van der Waals surface area (Å²) >= 11 is 6.18. The van der Waals surface area contributed by atoms with E-state index in [0.29, 0.717) is 28.9 Å². The number of ether oxygens (including phenoxy) is 1. The molecule has 7 heteroatoms. The third-order valence-electron chi connectivity index (χ3n) is 7.87. The molecule has 3 aliphatic rings. The predicted molar refractivity (Wildman–Crippen MR) is 135 cm³/mol. The molecule has 2 saturated carbocycles. The second-order valence-corrected chi connectivity index (χ2v) is 10.3. The number of nitrogens with one attached hydrogen (secondary N) is 2. The fraction of sp³-hybridized carbons (Fsp3) is 0.481. The fourth-order valence-electron chi connectivity index (χ4n) is 5.53. The highest BCUT2D eigenvalue weighted by Crippen LogP contribution is 2.44. The highest BCUT2D eigenvalue weighted by molar-refractivity contribution is 6.32. The Morgan fingerprint density at radius 3 is 2.53 bits per heavy atom. The topological polar surface area (TPSA) is 70.7 Å². The predicted octanol–water partition coefficient (Wildman–Crippen LogP) is 6.47. The molecule has 1 aliphatic heterocycles. The van der Waals surface area contributed by atoms with Gasteiger partial charge in [0.1, 0.15) is 5.75 Å². The maximum absolute atomic E-state index is 13.1. The molecule has 3 amide bonds. The van der Waals surface area contributed by atoms with E-state index in [1.54, 1.807) is 25.3 Å². The lowest BCUT2D eigenvalue weighted by molar-refractivity contribution is -0.121. The summed E-state index contributed by atoms with van der Waals surface area (Å²) in [5.41, 5.74) is 5.51. The number of benzene rings is 2. The van der Waals surface area contributed by atoms with Crippen molar-refractivity contribution in [3.8, 4) is 5.75 Å². The largest absolute Gasteiger partial charge is 0.495 e. The lowest BCUT2D eigenvalue weighted by Gasteiger charge is -2.41. The molecule has 0 spiro atoms. The van der Waals surface area contributed by atoms with Crippen molar-refractivity contribution < 1.29 is 14.3 Å². The van der Waals surface area contributed by atoms with Crippen molar-refractivity contribution in [2.45, 2.75) is 70.4 Å². The van der Waals surface area contributed by atoms with Crippen LogP contribution in [-0.4, -0.2) is 30.0 Å². The Kier molecular flexibility index (Phi) is 6.43. The van der Waals surface area contributed by atoms with Gasteiger partial charge >= 0.3 is 6.03 Å². The molecule has 2 fully saturated rings. The van der Waals surface area contributed by atoms with Crippen molar-refractivity contribution in [2.24, 2.45) is 5.92 Å². The van der Waals surface area contributed by atoms with E-state index in [1.165, 1.54) is 36.0 Å². The van der Waals surface area contributed by atoms with Gasteiger partial charge in [-0.3, -0.25) is 4.79 Å². The minimum Gasteiger partial charge on any atom is -0.495 e. The standard InChI is InChI=1S/C27H32ClN3O3/c1-16-6-12-21(17-4-3-5-17)25-22(16)15-31(27(33)30-25)20-10-7-18(8-11-20)26(32)29-19-9-13-24(34-2)23(28)14-19/h6,9,12-14,17-18,20H,3-5,7-8,10-11,15H2,1-2H3,(H,29,32)(H,30,33). The number of anilines is 2. The van der Waals surface area contributed by atoms with Crippen LogP contribution in [0, 0.1) is 12.8 Å². The molecule has 2 aromatic carbocycles. The molecule has 1 heterocycles. The van der Waals surface area contributed by atoms with E-state index >= 15 is 0 Å². The Labute approximate surface area is 206 Å². The first-order chi connectivity index (χ1) is 16.4. The number of hydrogen-bond acceptors (Lipinski definition) is 3. The second-order valence-electron chi connectivity index (χ2n) is 9.86. The van der Waals surface area contributed by atoms with Crippen LogP contribution in [0.5, 0.6) is 5.75 Å². The summed E-state index contributed by atoms with van der Waals surface area (Å²) in [7, 11) is 1.56. The van der Waals surface area contributed by atoms with Gasteiger partial charge in [-0.2, -0.15) is 0 Å². The monoisotopic (exact) mass is 481 g/mol. The summed E-state index contributed by atoms with van der Waals surface area (Å²) < 4.78 is 5.17. The van der Waals surface area contributed by atoms with Crippen LogP contribution in [-0.2, 0) is 11.3 Å². The first kappa shape index (κ1) is 23.0. The fourth-order valence-corrected chi connectivity index (χ4v) is 5.79. The number of hydrogen-bond donors (Lipinski definition) is 2. The Balaban J connectivity index is 1.22. The quantitative estimate of drug-likeness (QED) is 0.514. The SMILES string of the molecule is COc1ccc(NC(=O)C2CCC(N3Cc4c(C)ccc(C5CCC5)c4NC3=O)CC2)cc1Cl. The van der Waals surface area contributed by atoms with E-state index in [9.17, 15) is 9.59 Å². The van der Waals surface area contributed by atoms with Gasteiger partial charge in [0.05, 0.1) is 24.4 Å². The number of carbonyl (C=O) groups excluding carboxylic acids is 2. The van der Waals surface area contributed by atoms with Crippen molar-refractivity contribution in [1.29, 1.82) is 0 Å². The van der Waals surface area contributed by atoms with Crippen LogP contribution < -0.4 is 15.4 Å². The maximum Gasteiger partial charge on any atom is 0.322 e. The number of amides is 3. The molecule has 0 atom stereocenters. The number of rotatable bonds is 5. The van der Waals surface area contributed by atoms with Crippen LogP contribution in [0.3, 0.4) is 0 Å². The lowest BCUT2D eigenvalue weighted by Crippen LogP contribution is -2.47. The summed E-state index contributed by atoms with van der Waals surface area (Å²) in [6, 6.07) is 9.81. The number of urea groups is 1. The number of halogens is 1. The molecular weight excluding hydrogens is 450 g/mol. The Morgan fingerprint density at radius 2 is 1.88 bits per heavy atom. The zero-order chi connectivity index (χ0) is 23.8. The van der Waals surface area contributed by atoms with Crippen LogP contribution in [0.2, 0.25) is 5.02 Å². The molecular formula is C27H32ClN3O3. The molecule has 0 bridgehead atoms. The molecule has 180 valence electrons. The molecule has 2 aromatic rings.